The van der Waals surface area contributed by atoms with Crippen molar-refractivity contribution in [2.24, 2.45) is 0 Å². The lowest BCUT2D eigenvalue weighted by Crippen LogP contribution is -2.10. The molecular weight excluding hydrogens is 128 g/mol. The van der Waals surface area contributed by atoms with Crippen molar-refractivity contribution in [2.45, 2.75) is 19.3 Å². The van der Waals surface area contributed by atoms with E-state index >= 15 is 0 Å². The van der Waals surface area contributed by atoms with Crippen molar-refractivity contribution in [3.05, 3.63) is 11.3 Å². The molecule has 3 heteroatoms. The SMILES string of the molecule is CONC1=C(C#N)CCC1. The van der Waals surface area contributed by atoms with Crippen molar-refractivity contribution >= 4 is 0 Å². The molecule has 54 valence electrons. The quantitative estimate of drug-likeness (QED) is 0.581. The number of nitriles is 1. The highest BCUT2D eigenvalue weighted by Crippen LogP contribution is 2.22. The largest absolute Gasteiger partial charge is 0.280 e. The Hall–Kier alpha value is -1.01. The minimum Gasteiger partial charge on any atom is -0.280 e. The molecular formula is C7H10N2O. The molecule has 0 saturated carbocycles. The van der Waals surface area contributed by atoms with Crippen LogP contribution >= 0.6 is 0 Å². The monoisotopic (exact) mass is 138 g/mol. The van der Waals surface area contributed by atoms with Crippen molar-refractivity contribution in [1.82, 2.24) is 5.48 Å². The first-order chi connectivity index (χ1) is 4.88. The van der Waals surface area contributed by atoms with Crippen LogP contribution in [0.1, 0.15) is 19.3 Å². The van der Waals surface area contributed by atoms with Crippen LogP contribution in [0.5, 0.6) is 0 Å². The van der Waals surface area contributed by atoms with E-state index in [-0.39, 0.29) is 0 Å². The highest BCUT2D eigenvalue weighted by molar-refractivity contribution is 5.29. The molecule has 0 unspecified atom stereocenters. The molecule has 0 fully saturated rings. The third kappa shape index (κ3) is 1.28. The highest BCUT2D eigenvalue weighted by atomic mass is 16.6. The molecule has 0 aromatic carbocycles. The Labute approximate surface area is 60.2 Å². The van der Waals surface area contributed by atoms with Gasteiger partial charge < -0.3 is 0 Å². The zero-order chi connectivity index (χ0) is 7.40. The summed E-state index contributed by atoms with van der Waals surface area (Å²) in [5, 5.41) is 8.56. The van der Waals surface area contributed by atoms with Crippen LogP contribution < -0.4 is 5.48 Å². The lowest BCUT2D eigenvalue weighted by molar-refractivity contribution is 0.115. The van der Waals surface area contributed by atoms with Gasteiger partial charge in [0, 0.05) is 0 Å². The first-order valence-corrected chi connectivity index (χ1v) is 3.29. The summed E-state index contributed by atoms with van der Waals surface area (Å²) in [4.78, 5) is 4.70. The Morgan fingerprint density at radius 3 is 3.00 bits per heavy atom. The number of hydrogen-bond donors (Lipinski definition) is 1. The number of allylic oxidation sites excluding steroid dienone is 2. The number of rotatable bonds is 2. The van der Waals surface area contributed by atoms with Crippen molar-refractivity contribution < 1.29 is 4.84 Å². The summed E-state index contributed by atoms with van der Waals surface area (Å²) in [6, 6.07) is 2.14. The normalized spacial score (nSPS) is 17.2. The van der Waals surface area contributed by atoms with E-state index in [9.17, 15) is 0 Å². The van der Waals surface area contributed by atoms with Crippen LogP contribution in [0.4, 0.5) is 0 Å². The van der Waals surface area contributed by atoms with Crippen LogP contribution in [-0.2, 0) is 4.84 Å². The minimum atomic E-state index is 0.835. The molecule has 3 nitrogen and oxygen atoms in total. The van der Waals surface area contributed by atoms with Gasteiger partial charge in [-0.1, -0.05) is 0 Å². The van der Waals surface area contributed by atoms with Crippen molar-refractivity contribution in [1.29, 1.82) is 5.26 Å². The summed E-state index contributed by atoms with van der Waals surface area (Å²) in [6.45, 7) is 0. The summed E-state index contributed by atoms with van der Waals surface area (Å²) in [5.41, 5.74) is 4.49. The van der Waals surface area contributed by atoms with Gasteiger partial charge in [-0.2, -0.15) is 5.26 Å². The van der Waals surface area contributed by atoms with Crippen LogP contribution in [-0.4, -0.2) is 7.11 Å². The molecule has 0 aromatic heterocycles. The summed E-state index contributed by atoms with van der Waals surface area (Å²) >= 11 is 0. The van der Waals surface area contributed by atoms with Gasteiger partial charge in [0.25, 0.3) is 0 Å². The van der Waals surface area contributed by atoms with E-state index < -0.39 is 0 Å². The molecule has 10 heavy (non-hydrogen) atoms. The molecule has 0 spiro atoms. The molecule has 0 amide bonds. The molecule has 0 aliphatic heterocycles. The van der Waals surface area contributed by atoms with E-state index in [1.807, 2.05) is 0 Å². The molecule has 0 heterocycles. The first kappa shape index (κ1) is 7.10. The van der Waals surface area contributed by atoms with Crippen LogP contribution in [0.2, 0.25) is 0 Å². The van der Waals surface area contributed by atoms with Crippen molar-refractivity contribution in [2.75, 3.05) is 7.11 Å². The van der Waals surface area contributed by atoms with Crippen molar-refractivity contribution in [3.63, 3.8) is 0 Å². The predicted octanol–water partition coefficient (Wildman–Crippen LogP) is 1.10. The Kier molecular flexibility index (Phi) is 2.30. The lowest BCUT2D eigenvalue weighted by atomic mass is 10.2. The molecule has 1 aliphatic rings. The molecule has 0 atom stereocenters. The second kappa shape index (κ2) is 3.23. The second-order valence-corrected chi connectivity index (χ2v) is 2.23. The van der Waals surface area contributed by atoms with E-state index in [0.717, 1.165) is 30.5 Å². The van der Waals surface area contributed by atoms with Crippen LogP contribution in [0.15, 0.2) is 11.3 Å². The molecule has 0 radical (unpaired) electrons. The Morgan fingerprint density at radius 1 is 1.60 bits per heavy atom. The molecule has 1 N–H and O–H groups in total. The molecule has 0 bridgehead atoms. The fourth-order valence-electron chi connectivity index (χ4n) is 1.10. The van der Waals surface area contributed by atoms with Gasteiger partial charge in [-0.25, -0.2) is 0 Å². The van der Waals surface area contributed by atoms with Gasteiger partial charge in [-0.15, -0.1) is 0 Å². The summed E-state index contributed by atoms with van der Waals surface area (Å²) < 4.78 is 0. The summed E-state index contributed by atoms with van der Waals surface area (Å²) in [6.07, 6.45) is 2.90. The van der Waals surface area contributed by atoms with E-state index in [4.69, 9.17) is 10.1 Å². The Balaban J connectivity index is 2.61. The maximum Gasteiger partial charge on any atom is 0.0966 e. The predicted molar refractivity (Wildman–Crippen MR) is 36.6 cm³/mol. The van der Waals surface area contributed by atoms with Crippen LogP contribution in [0.3, 0.4) is 0 Å². The van der Waals surface area contributed by atoms with Gasteiger partial charge >= 0.3 is 0 Å². The number of nitrogens with one attached hydrogen (secondary N) is 1. The molecule has 1 aliphatic carbocycles. The first-order valence-electron chi connectivity index (χ1n) is 3.29. The Morgan fingerprint density at radius 2 is 2.40 bits per heavy atom. The summed E-state index contributed by atoms with van der Waals surface area (Å²) in [7, 11) is 1.56. The van der Waals surface area contributed by atoms with E-state index in [1.165, 1.54) is 0 Å². The van der Waals surface area contributed by atoms with E-state index in [2.05, 4.69) is 11.5 Å². The second-order valence-electron chi connectivity index (χ2n) is 2.23. The fraction of sp³-hybridized carbons (Fsp3) is 0.571. The maximum absolute atomic E-state index is 8.56. The van der Waals surface area contributed by atoms with Crippen LogP contribution in [0, 0.1) is 11.3 Å². The average molecular weight is 138 g/mol. The summed E-state index contributed by atoms with van der Waals surface area (Å²) in [5.74, 6) is 0. The third-order valence-electron chi connectivity index (χ3n) is 1.58. The molecule has 1 rings (SSSR count). The van der Waals surface area contributed by atoms with Crippen molar-refractivity contribution in [3.8, 4) is 6.07 Å². The number of hydroxylamine groups is 1. The maximum atomic E-state index is 8.56. The molecule has 0 saturated heterocycles. The average Bonchev–Trinajstić information content (AvgIpc) is 2.36. The van der Waals surface area contributed by atoms with Crippen LogP contribution in [0.25, 0.3) is 0 Å². The van der Waals surface area contributed by atoms with Gasteiger partial charge in [-0.3, -0.25) is 10.3 Å². The fourth-order valence-corrected chi connectivity index (χ4v) is 1.10. The highest BCUT2D eigenvalue weighted by Gasteiger charge is 2.12. The topological polar surface area (TPSA) is 45.0 Å². The van der Waals surface area contributed by atoms with Gasteiger partial charge in [0.15, 0.2) is 0 Å². The third-order valence-corrected chi connectivity index (χ3v) is 1.58. The standard InChI is InChI=1S/C7H10N2O/c1-10-9-7-4-2-3-6(7)5-8/h9H,2-4H2,1H3. The van der Waals surface area contributed by atoms with Gasteiger partial charge in [-0.05, 0) is 19.3 Å². The Bertz CT molecular complexity index is 190. The van der Waals surface area contributed by atoms with Gasteiger partial charge in [0.1, 0.15) is 0 Å². The van der Waals surface area contributed by atoms with E-state index in [1.54, 1.807) is 7.11 Å². The smallest absolute Gasteiger partial charge is 0.0966 e. The van der Waals surface area contributed by atoms with Gasteiger partial charge in [0.05, 0.1) is 24.4 Å². The van der Waals surface area contributed by atoms with E-state index in [0.29, 0.717) is 0 Å². The number of nitrogens with zero attached hydrogens (tertiary/aromatic N) is 1. The molecule has 0 aromatic rings. The number of hydrogen-bond acceptors (Lipinski definition) is 3. The lowest BCUT2D eigenvalue weighted by Gasteiger charge is -2.01. The zero-order valence-corrected chi connectivity index (χ0v) is 5.98. The minimum absolute atomic E-state index is 0.835. The van der Waals surface area contributed by atoms with Gasteiger partial charge in [0.2, 0.25) is 0 Å². The zero-order valence-electron chi connectivity index (χ0n) is 5.98.